The van der Waals surface area contributed by atoms with Crippen LogP contribution in [0.25, 0.3) is 16.6 Å². The van der Waals surface area contributed by atoms with Gasteiger partial charge in [0, 0.05) is 11.8 Å². The molecule has 102 valence electrons. The second-order valence-electron chi connectivity index (χ2n) is 4.59. The molecule has 0 radical (unpaired) electrons. The molecule has 0 aliphatic rings. The van der Waals surface area contributed by atoms with Gasteiger partial charge in [-0.15, -0.1) is 0 Å². The third kappa shape index (κ3) is 2.07. The van der Waals surface area contributed by atoms with Gasteiger partial charge in [-0.2, -0.15) is 10.4 Å². The minimum atomic E-state index is -0.614. The Morgan fingerprint density at radius 2 is 2.10 bits per heavy atom. The molecular weight excluding hydrogens is 266 g/mol. The van der Waals surface area contributed by atoms with Crippen LogP contribution in [-0.4, -0.2) is 15.5 Å². The van der Waals surface area contributed by atoms with Crippen molar-refractivity contribution in [3.63, 3.8) is 0 Å². The van der Waals surface area contributed by atoms with E-state index in [-0.39, 0.29) is 5.56 Å². The van der Waals surface area contributed by atoms with Gasteiger partial charge in [0.1, 0.15) is 0 Å². The number of aromatic nitrogens is 2. The molecule has 3 rings (SSSR count). The van der Waals surface area contributed by atoms with Crippen LogP contribution in [0.3, 0.4) is 0 Å². The normalized spacial score (nSPS) is 10.4. The lowest BCUT2D eigenvalue weighted by molar-refractivity contribution is 0.100. The van der Waals surface area contributed by atoms with Crippen molar-refractivity contribution in [3.8, 4) is 17.2 Å². The Balaban J connectivity index is 2.19. The fourth-order valence-corrected chi connectivity index (χ4v) is 2.20. The molecule has 3 aromatic rings. The molecule has 0 bridgehead atoms. The van der Waals surface area contributed by atoms with Crippen molar-refractivity contribution in [3.05, 3.63) is 53.9 Å². The third-order valence-electron chi connectivity index (χ3n) is 3.27. The number of benzene rings is 1. The molecule has 0 atom stereocenters. The zero-order chi connectivity index (χ0) is 15.0. The fourth-order valence-electron chi connectivity index (χ4n) is 2.20. The van der Waals surface area contributed by atoms with E-state index in [4.69, 9.17) is 16.7 Å². The van der Waals surface area contributed by atoms with Gasteiger partial charge in [-0.3, -0.25) is 4.79 Å². The van der Waals surface area contributed by atoms with E-state index in [9.17, 15) is 4.79 Å². The van der Waals surface area contributed by atoms with Crippen molar-refractivity contribution in [2.75, 3.05) is 5.73 Å². The summed E-state index contributed by atoms with van der Waals surface area (Å²) in [5.41, 5.74) is 14.6. The molecule has 6 heteroatoms. The van der Waals surface area contributed by atoms with Crippen LogP contribution in [0.4, 0.5) is 5.69 Å². The summed E-state index contributed by atoms with van der Waals surface area (Å²) in [6, 6.07) is 11.1. The Bertz CT molecular complexity index is 904. The fraction of sp³-hybridized carbons (Fsp3) is 0. The molecule has 6 nitrogen and oxygen atoms in total. The molecule has 0 aliphatic heterocycles. The maximum absolute atomic E-state index is 11.3. The minimum Gasteiger partial charge on any atom is -0.396 e. The number of amides is 1. The Hall–Kier alpha value is -3.33. The number of nitrogens with two attached hydrogens (primary N) is 2. The lowest BCUT2D eigenvalue weighted by Crippen LogP contribution is -2.15. The summed E-state index contributed by atoms with van der Waals surface area (Å²) in [5.74, 6) is -0.614. The Morgan fingerprint density at radius 3 is 2.81 bits per heavy atom. The van der Waals surface area contributed by atoms with E-state index in [1.165, 1.54) is 6.20 Å². The van der Waals surface area contributed by atoms with Gasteiger partial charge in [-0.1, -0.05) is 12.1 Å². The van der Waals surface area contributed by atoms with Gasteiger partial charge >= 0.3 is 0 Å². The van der Waals surface area contributed by atoms with E-state index in [2.05, 4.69) is 11.2 Å². The average Bonchev–Trinajstić information content (AvgIpc) is 2.92. The number of nitrogen functional groups attached to an aromatic ring is 1. The number of primary amides is 1. The molecule has 2 heterocycles. The molecule has 2 aromatic heterocycles. The SMILES string of the molecule is N#Cc1cccc(-c2cc3c(N)c(C(N)=O)cnn3c2)c1. The molecule has 0 spiro atoms. The minimum absolute atomic E-state index is 0.193. The highest BCUT2D eigenvalue weighted by molar-refractivity contribution is 6.01. The van der Waals surface area contributed by atoms with Crippen molar-refractivity contribution in [2.24, 2.45) is 5.73 Å². The van der Waals surface area contributed by atoms with Crippen molar-refractivity contribution in [2.45, 2.75) is 0 Å². The van der Waals surface area contributed by atoms with Gasteiger partial charge in [-0.05, 0) is 23.8 Å². The van der Waals surface area contributed by atoms with Crippen LogP contribution in [-0.2, 0) is 0 Å². The summed E-state index contributed by atoms with van der Waals surface area (Å²) < 4.78 is 1.58. The summed E-state index contributed by atoms with van der Waals surface area (Å²) >= 11 is 0. The predicted octanol–water partition coefficient (Wildman–Crippen LogP) is 1.55. The molecule has 0 aliphatic carbocycles. The number of fused-ring (bicyclic) bond motifs is 1. The summed E-state index contributed by atoms with van der Waals surface area (Å²) in [7, 11) is 0. The largest absolute Gasteiger partial charge is 0.396 e. The number of hydrogen-bond acceptors (Lipinski definition) is 4. The molecule has 0 saturated heterocycles. The molecule has 21 heavy (non-hydrogen) atoms. The zero-order valence-electron chi connectivity index (χ0n) is 10.9. The lowest BCUT2D eigenvalue weighted by atomic mass is 10.1. The third-order valence-corrected chi connectivity index (χ3v) is 3.27. The van der Waals surface area contributed by atoms with Crippen molar-refractivity contribution in [1.29, 1.82) is 5.26 Å². The summed E-state index contributed by atoms with van der Waals surface area (Å²) in [5, 5.41) is 13.1. The first-order valence-electron chi connectivity index (χ1n) is 6.17. The zero-order valence-corrected chi connectivity index (χ0v) is 10.9. The number of rotatable bonds is 2. The number of carbonyl (C=O) groups excluding carboxylic acids is 1. The van der Waals surface area contributed by atoms with E-state index in [1.54, 1.807) is 22.8 Å². The highest BCUT2D eigenvalue weighted by atomic mass is 16.1. The number of hydrogen-bond donors (Lipinski definition) is 2. The molecule has 1 amide bonds. The average molecular weight is 277 g/mol. The van der Waals surface area contributed by atoms with E-state index >= 15 is 0 Å². The standard InChI is InChI=1S/C15H11N5O/c16-6-9-2-1-3-10(4-9)11-5-13-14(17)12(15(18)21)7-19-20(13)8-11/h1-5,7-8H,17H2,(H2,18,21). The highest BCUT2D eigenvalue weighted by Gasteiger charge is 2.12. The van der Waals surface area contributed by atoms with E-state index < -0.39 is 5.91 Å². The quantitative estimate of drug-likeness (QED) is 0.740. The van der Waals surface area contributed by atoms with Gasteiger partial charge < -0.3 is 11.5 Å². The summed E-state index contributed by atoms with van der Waals surface area (Å²) in [4.78, 5) is 11.3. The van der Waals surface area contributed by atoms with E-state index in [1.807, 2.05) is 18.2 Å². The number of anilines is 1. The molecule has 4 N–H and O–H groups in total. The number of nitrogens with zero attached hydrogens (tertiary/aromatic N) is 3. The van der Waals surface area contributed by atoms with Crippen LogP contribution in [0.2, 0.25) is 0 Å². The van der Waals surface area contributed by atoms with Crippen LogP contribution in [0.1, 0.15) is 15.9 Å². The predicted molar refractivity (Wildman–Crippen MR) is 78.3 cm³/mol. The first kappa shape index (κ1) is 12.7. The number of nitriles is 1. The lowest BCUT2D eigenvalue weighted by Gasteiger charge is -2.02. The monoisotopic (exact) mass is 277 g/mol. The highest BCUT2D eigenvalue weighted by Crippen LogP contribution is 2.26. The van der Waals surface area contributed by atoms with Gasteiger partial charge in [0.2, 0.25) is 0 Å². The Labute approximate surface area is 120 Å². The van der Waals surface area contributed by atoms with E-state index in [0.717, 1.165) is 11.1 Å². The molecule has 0 saturated carbocycles. The van der Waals surface area contributed by atoms with Crippen LogP contribution < -0.4 is 11.5 Å². The second kappa shape index (κ2) is 4.65. The van der Waals surface area contributed by atoms with Crippen LogP contribution >= 0.6 is 0 Å². The van der Waals surface area contributed by atoms with Gasteiger partial charge in [0.05, 0.1) is 34.6 Å². The maximum atomic E-state index is 11.3. The van der Waals surface area contributed by atoms with Crippen molar-refractivity contribution in [1.82, 2.24) is 9.61 Å². The van der Waals surface area contributed by atoms with Crippen molar-refractivity contribution < 1.29 is 4.79 Å². The Morgan fingerprint density at radius 1 is 1.29 bits per heavy atom. The van der Waals surface area contributed by atoms with Crippen LogP contribution in [0.15, 0.2) is 42.7 Å². The topological polar surface area (TPSA) is 110 Å². The van der Waals surface area contributed by atoms with E-state index in [0.29, 0.717) is 16.8 Å². The van der Waals surface area contributed by atoms with Crippen LogP contribution in [0, 0.1) is 11.3 Å². The first-order valence-corrected chi connectivity index (χ1v) is 6.17. The van der Waals surface area contributed by atoms with Gasteiger partial charge in [-0.25, -0.2) is 4.52 Å². The first-order chi connectivity index (χ1) is 10.1. The molecular formula is C15H11N5O. The summed E-state index contributed by atoms with van der Waals surface area (Å²) in [6.07, 6.45) is 3.13. The van der Waals surface area contributed by atoms with Gasteiger partial charge in [0.15, 0.2) is 0 Å². The van der Waals surface area contributed by atoms with Crippen LogP contribution in [0.5, 0.6) is 0 Å². The second-order valence-corrected chi connectivity index (χ2v) is 4.59. The summed E-state index contributed by atoms with van der Waals surface area (Å²) in [6.45, 7) is 0. The van der Waals surface area contributed by atoms with Crippen molar-refractivity contribution >= 4 is 17.1 Å². The Kier molecular flexibility index (Phi) is 2.81. The van der Waals surface area contributed by atoms with Gasteiger partial charge in [0.25, 0.3) is 5.91 Å². The molecule has 0 fully saturated rings. The number of carbonyl (C=O) groups is 1. The smallest absolute Gasteiger partial charge is 0.252 e. The maximum Gasteiger partial charge on any atom is 0.252 e. The molecule has 0 unspecified atom stereocenters. The molecule has 1 aromatic carbocycles.